The van der Waals surface area contributed by atoms with E-state index in [4.69, 9.17) is 0 Å². The highest BCUT2D eigenvalue weighted by atomic mass is 32.2. The third-order valence-electron chi connectivity index (χ3n) is 1.41. The van der Waals surface area contributed by atoms with Crippen LogP contribution < -0.4 is 0 Å². The fourth-order valence-corrected chi connectivity index (χ4v) is 1.38. The number of hydrogen-bond acceptors (Lipinski definition) is 4. The molecule has 0 bridgehead atoms. The van der Waals surface area contributed by atoms with E-state index >= 15 is 0 Å². The molecule has 1 rings (SSSR count). The molecule has 3 nitrogen and oxygen atoms in total. The van der Waals surface area contributed by atoms with Crippen molar-refractivity contribution in [2.75, 3.05) is 0 Å². The number of thioether (sulfide) groups is 1. The molecule has 4 heteroatoms. The molecule has 0 N–H and O–H groups in total. The van der Waals surface area contributed by atoms with Crippen molar-refractivity contribution in [2.24, 2.45) is 0 Å². The molecule has 12 heavy (non-hydrogen) atoms. The molecule has 1 heterocycles. The SMILES string of the molecule is CC(=O)C(C)Sc1cnccn1. The standard InChI is InChI=1S/C8H10N2OS/c1-6(11)7(2)12-8-5-9-3-4-10-8/h3-5,7H,1-2H3. The Kier molecular flexibility index (Phi) is 3.22. The third-order valence-corrected chi connectivity index (χ3v) is 2.55. The van der Waals surface area contributed by atoms with E-state index in [-0.39, 0.29) is 11.0 Å². The summed E-state index contributed by atoms with van der Waals surface area (Å²) in [6.45, 7) is 3.44. The molecule has 1 aromatic heterocycles. The highest BCUT2D eigenvalue weighted by Gasteiger charge is 2.09. The Labute approximate surface area is 75.6 Å². The third kappa shape index (κ3) is 2.62. The van der Waals surface area contributed by atoms with Crippen molar-refractivity contribution in [3.05, 3.63) is 18.6 Å². The van der Waals surface area contributed by atoms with E-state index in [1.165, 1.54) is 11.8 Å². The van der Waals surface area contributed by atoms with Gasteiger partial charge in [0.05, 0.1) is 11.4 Å². The molecule has 1 aromatic rings. The van der Waals surface area contributed by atoms with Gasteiger partial charge in [0.25, 0.3) is 0 Å². The van der Waals surface area contributed by atoms with Gasteiger partial charge >= 0.3 is 0 Å². The van der Waals surface area contributed by atoms with Gasteiger partial charge in [-0.25, -0.2) is 4.98 Å². The van der Waals surface area contributed by atoms with E-state index < -0.39 is 0 Å². The van der Waals surface area contributed by atoms with Crippen LogP contribution in [-0.2, 0) is 4.79 Å². The maximum absolute atomic E-state index is 10.9. The lowest BCUT2D eigenvalue weighted by atomic mass is 10.3. The minimum atomic E-state index is -0.0401. The predicted molar refractivity (Wildman–Crippen MR) is 48.0 cm³/mol. The second-order valence-electron chi connectivity index (χ2n) is 2.41. The van der Waals surface area contributed by atoms with Crippen molar-refractivity contribution in [3.63, 3.8) is 0 Å². The number of Topliss-reactive ketones (excluding diaryl/α,β-unsaturated/α-hetero) is 1. The molecule has 64 valence electrons. The van der Waals surface area contributed by atoms with Crippen molar-refractivity contribution < 1.29 is 4.79 Å². The smallest absolute Gasteiger partial charge is 0.142 e. The van der Waals surface area contributed by atoms with Crippen molar-refractivity contribution in [1.82, 2.24) is 9.97 Å². The second kappa shape index (κ2) is 4.21. The van der Waals surface area contributed by atoms with Crippen molar-refractivity contribution in [1.29, 1.82) is 0 Å². The molecule has 0 aromatic carbocycles. The van der Waals surface area contributed by atoms with Gasteiger partial charge in [-0.3, -0.25) is 9.78 Å². The lowest BCUT2D eigenvalue weighted by molar-refractivity contribution is -0.116. The largest absolute Gasteiger partial charge is 0.299 e. The van der Waals surface area contributed by atoms with Gasteiger partial charge < -0.3 is 0 Å². The average molecular weight is 182 g/mol. The van der Waals surface area contributed by atoms with Gasteiger partial charge in [0, 0.05) is 12.4 Å². The zero-order valence-electron chi connectivity index (χ0n) is 7.02. The molecule has 1 unspecified atom stereocenters. The molecule has 0 radical (unpaired) electrons. The van der Waals surface area contributed by atoms with Gasteiger partial charge in [-0.1, -0.05) is 11.8 Å². The van der Waals surface area contributed by atoms with Crippen LogP contribution in [0, 0.1) is 0 Å². The molecule has 0 fully saturated rings. The summed E-state index contributed by atoms with van der Waals surface area (Å²) in [6, 6.07) is 0. The van der Waals surface area contributed by atoms with Gasteiger partial charge in [-0.05, 0) is 13.8 Å². The summed E-state index contributed by atoms with van der Waals surface area (Å²) >= 11 is 1.43. The Balaban J connectivity index is 2.58. The Morgan fingerprint density at radius 3 is 2.83 bits per heavy atom. The molecule has 0 aliphatic heterocycles. The van der Waals surface area contributed by atoms with Crippen LogP contribution in [0.25, 0.3) is 0 Å². The number of carbonyl (C=O) groups is 1. The summed E-state index contributed by atoms with van der Waals surface area (Å²) in [5.41, 5.74) is 0. The molecular weight excluding hydrogens is 172 g/mol. The molecule has 0 aliphatic carbocycles. The lowest BCUT2D eigenvalue weighted by Gasteiger charge is -2.04. The van der Waals surface area contributed by atoms with Crippen molar-refractivity contribution in [3.8, 4) is 0 Å². The lowest BCUT2D eigenvalue weighted by Crippen LogP contribution is -2.08. The highest BCUT2D eigenvalue weighted by molar-refractivity contribution is 8.00. The van der Waals surface area contributed by atoms with Gasteiger partial charge in [-0.15, -0.1) is 0 Å². The first-order valence-electron chi connectivity index (χ1n) is 3.63. The summed E-state index contributed by atoms with van der Waals surface area (Å²) in [6.07, 6.45) is 4.89. The van der Waals surface area contributed by atoms with Crippen LogP contribution in [-0.4, -0.2) is 21.0 Å². The van der Waals surface area contributed by atoms with Gasteiger partial charge in [0.15, 0.2) is 0 Å². The number of aromatic nitrogens is 2. The van der Waals surface area contributed by atoms with E-state index in [2.05, 4.69) is 9.97 Å². The van der Waals surface area contributed by atoms with Gasteiger partial charge in [0.1, 0.15) is 10.8 Å². The zero-order valence-corrected chi connectivity index (χ0v) is 7.84. The van der Waals surface area contributed by atoms with Crippen LogP contribution in [0.5, 0.6) is 0 Å². The van der Waals surface area contributed by atoms with Gasteiger partial charge in [0.2, 0.25) is 0 Å². The monoisotopic (exact) mass is 182 g/mol. The normalized spacial score (nSPS) is 12.5. The first-order valence-corrected chi connectivity index (χ1v) is 4.51. The van der Waals surface area contributed by atoms with E-state index in [1.807, 2.05) is 6.92 Å². The van der Waals surface area contributed by atoms with Gasteiger partial charge in [-0.2, -0.15) is 0 Å². The minimum absolute atomic E-state index is 0.0401. The molecule has 0 saturated carbocycles. The van der Waals surface area contributed by atoms with E-state index in [0.717, 1.165) is 5.03 Å². The maximum atomic E-state index is 10.9. The Morgan fingerprint density at radius 2 is 2.33 bits per heavy atom. The van der Waals surface area contributed by atoms with Crippen LogP contribution in [0.3, 0.4) is 0 Å². The molecule has 0 aliphatic rings. The maximum Gasteiger partial charge on any atom is 0.142 e. The summed E-state index contributed by atoms with van der Waals surface area (Å²) in [7, 11) is 0. The number of hydrogen-bond donors (Lipinski definition) is 0. The summed E-state index contributed by atoms with van der Waals surface area (Å²) in [5, 5.41) is 0.752. The summed E-state index contributed by atoms with van der Waals surface area (Å²) in [5.74, 6) is 0.158. The quantitative estimate of drug-likeness (QED) is 0.665. The van der Waals surface area contributed by atoms with Crippen molar-refractivity contribution >= 4 is 17.5 Å². The Morgan fingerprint density at radius 1 is 1.58 bits per heavy atom. The molecule has 0 spiro atoms. The van der Waals surface area contributed by atoms with Crippen LogP contribution in [0.1, 0.15) is 13.8 Å². The molecular formula is C8H10N2OS. The number of ketones is 1. The topological polar surface area (TPSA) is 42.9 Å². The molecule has 1 atom stereocenters. The van der Waals surface area contributed by atoms with Crippen LogP contribution in [0.2, 0.25) is 0 Å². The second-order valence-corrected chi connectivity index (χ2v) is 3.78. The van der Waals surface area contributed by atoms with E-state index in [9.17, 15) is 4.79 Å². The van der Waals surface area contributed by atoms with E-state index in [0.29, 0.717) is 0 Å². The zero-order chi connectivity index (χ0) is 8.97. The Hall–Kier alpha value is -0.900. The number of nitrogens with zero attached hydrogens (tertiary/aromatic N) is 2. The molecule has 0 saturated heterocycles. The molecule has 0 amide bonds. The first-order chi connectivity index (χ1) is 5.70. The fourth-order valence-electron chi connectivity index (χ4n) is 0.610. The van der Waals surface area contributed by atoms with Crippen LogP contribution in [0.15, 0.2) is 23.6 Å². The first kappa shape index (κ1) is 9.19. The van der Waals surface area contributed by atoms with Crippen LogP contribution in [0.4, 0.5) is 0 Å². The Bertz CT molecular complexity index is 263. The summed E-state index contributed by atoms with van der Waals surface area (Å²) < 4.78 is 0. The average Bonchev–Trinajstić information content (AvgIpc) is 2.06. The summed E-state index contributed by atoms with van der Waals surface area (Å²) in [4.78, 5) is 18.8. The van der Waals surface area contributed by atoms with Crippen molar-refractivity contribution in [2.45, 2.75) is 24.1 Å². The van der Waals surface area contributed by atoms with Crippen LogP contribution >= 0.6 is 11.8 Å². The highest BCUT2D eigenvalue weighted by Crippen LogP contribution is 2.19. The number of rotatable bonds is 3. The fraction of sp³-hybridized carbons (Fsp3) is 0.375. The minimum Gasteiger partial charge on any atom is -0.299 e. The predicted octanol–water partition coefficient (Wildman–Crippen LogP) is 1.55. The van der Waals surface area contributed by atoms with E-state index in [1.54, 1.807) is 25.5 Å². The number of carbonyl (C=O) groups excluding carboxylic acids is 1.